The van der Waals surface area contributed by atoms with Crippen LogP contribution >= 0.6 is 0 Å². The molecule has 5 rings (SSSR count). The van der Waals surface area contributed by atoms with Crippen molar-refractivity contribution in [1.82, 2.24) is 0 Å². The summed E-state index contributed by atoms with van der Waals surface area (Å²) in [6.45, 7) is 8.32. The van der Waals surface area contributed by atoms with Gasteiger partial charge in [0.05, 0.1) is 16.5 Å². The summed E-state index contributed by atoms with van der Waals surface area (Å²) in [5, 5.41) is 0. The van der Waals surface area contributed by atoms with Crippen LogP contribution in [0.25, 0.3) is 0 Å². The average molecular weight is 478 g/mol. The molecule has 0 fully saturated rings. The summed E-state index contributed by atoms with van der Waals surface area (Å²) in [6, 6.07) is 10.1. The van der Waals surface area contributed by atoms with E-state index in [9.17, 15) is 26.3 Å². The first kappa shape index (κ1) is 24.6. The molecule has 0 aromatic heterocycles. The molecule has 3 aliphatic carbocycles. The van der Waals surface area contributed by atoms with E-state index in [1.807, 2.05) is 0 Å². The molecule has 0 nitrogen and oxygen atoms in total. The molecule has 34 heavy (non-hydrogen) atoms. The standard InChI is InChI=1S/C28H27F6/c1-5-6-7-17-16-22-24(25(2,3)4)23(17)26(22,18-8-12-20(13-9-18)27(29,30)31)19-10-14-21(15-11-19)28(32,33)34/h8-15,17H,5-7H2,1-4H3. The molecule has 1 unspecified atom stereocenters. The highest BCUT2D eigenvalue weighted by molar-refractivity contribution is 5.77. The number of rotatable bonds is 5. The number of hydrogen-bond acceptors (Lipinski definition) is 0. The molecule has 0 heterocycles. The third-order valence-electron chi connectivity index (χ3n) is 6.85. The SMILES string of the molecule is CCCCC1[C]=C2C(C(C)(C)C)=C1C2(c1ccc(C(F)(F)F)cc1)c1ccc(C(F)(F)F)cc1. The van der Waals surface area contributed by atoms with Gasteiger partial charge in [0.25, 0.3) is 0 Å². The van der Waals surface area contributed by atoms with Crippen molar-refractivity contribution in [3.8, 4) is 0 Å². The Morgan fingerprint density at radius 2 is 1.21 bits per heavy atom. The van der Waals surface area contributed by atoms with E-state index < -0.39 is 28.9 Å². The summed E-state index contributed by atoms with van der Waals surface area (Å²) in [6.07, 6.45) is -2.55. The zero-order valence-corrected chi connectivity index (χ0v) is 19.6. The van der Waals surface area contributed by atoms with Crippen LogP contribution in [0.1, 0.15) is 69.2 Å². The number of hydrogen-bond donors (Lipinski definition) is 0. The monoisotopic (exact) mass is 477 g/mol. The minimum absolute atomic E-state index is 0.00578. The predicted molar refractivity (Wildman–Crippen MR) is 120 cm³/mol. The van der Waals surface area contributed by atoms with Gasteiger partial charge in [-0.2, -0.15) is 26.3 Å². The molecular weight excluding hydrogens is 450 g/mol. The number of benzene rings is 2. The Kier molecular flexibility index (Phi) is 5.81. The molecule has 2 bridgehead atoms. The van der Waals surface area contributed by atoms with Crippen molar-refractivity contribution in [3.05, 3.63) is 93.6 Å². The fraction of sp³-hybridized carbons (Fsp3) is 0.429. The first-order valence-electron chi connectivity index (χ1n) is 11.5. The van der Waals surface area contributed by atoms with Crippen molar-refractivity contribution in [2.75, 3.05) is 0 Å². The van der Waals surface area contributed by atoms with Crippen LogP contribution in [0, 0.1) is 17.4 Å². The van der Waals surface area contributed by atoms with Gasteiger partial charge in [0.2, 0.25) is 0 Å². The van der Waals surface area contributed by atoms with Crippen LogP contribution in [0.3, 0.4) is 0 Å². The lowest BCUT2D eigenvalue weighted by atomic mass is 9.51. The fourth-order valence-corrected chi connectivity index (χ4v) is 5.43. The number of fused-ring (bicyclic) bond motifs is 1. The third kappa shape index (κ3) is 3.79. The molecule has 6 heteroatoms. The van der Waals surface area contributed by atoms with Crippen LogP contribution in [0.4, 0.5) is 26.3 Å². The van der Waals surface area contributed by atoms with E-state index in [0.717, 1.165) is 60.2 Å². The summed E-state index contributed by atoms with van der Waals surface area (Å²) < 4.78 is 79.5. The van der Waals surface area contributed by atoms with Crippen molar-refractivity contribution < 1.29 is 26.3 Å². The molecule has 2 aromatic carbocycles. The number of halogens is 6. The average Bonchev–Trinajstić information content (AvgIpc) is 3.28. The molecule has 1 radical (unpaired) electrons. The largest absolute Gasteiger partial charge is 0.416 e. The van der Waals surface area contributed by atoms with E-state index in [2.05, 4.69) is 33.8 Å². The Bertz CT molecular complexity index is 1060. The molecule has 1 atom stereocenters. The third-order valence-corrected chi connectivity index (χ3v) is 6.85. The minimum atomic E-state index is -4.47. The van der Waals surface area contributed by atoms with Crippen LogP contribution < -0.4 is 0 Å². The van der Waals surface area contributed by atoms with Crippen molar-refractivity contribution in [3.63, 3.8) is 0 Å². The van der Waals surface area contributed by atoms with Gasteiger partial charge >= 0.3 is 12.4 Å². The van der Waals surface area contributed by atoms with Crippen LogP contribution in [0.15, 0.2) is 65.3 Å². The number of unbranched alkanes of at least 4 members (excludes halogenated alkanes) is 1. The van der Waals surface area contributed by atoms with Gasteiger partial charge in [0.1, 0.15) is 0 Å². The van der Waals surface area contributed by atoms with Gasteiger partial charge in [-0.1, -0.05) is 64.8 Å². The van der Waals surface area contributed by atoms with Crippen LogP contribution in [0.5, 0.6) is 0 Å². The molecule has 2 aromatic rings. The molecule has 0 saturated carbocycles. The Morgan fingerprint density at radius 1 is 0.765 bits per heavy atom. The highest BCUT2D eigenvalue weighted by Gasteiger charge is 2.60. The van der Waals surface area contributed by atoms with Gasteiger partial charge in [-0.05, 0) is 70.0 Å². The molecule has 0 saturated heterocycles. The Labute approximate surface area is 196 Å². The molecule has 0 spiro atoms. The van der Waals surface area contributed by atoms with E-state index in [-0.39, 0.29) is 11.3 Å². The van der Waals surface area contributed by atoms with Crippen LogP contribution in [0.2, 0.25) is 0 Å². The lowest BCUT2D eigenvalue weighted by Gasteiger charge is -2.50. The van der Waals surface area contributed by atoms with E-state index in [1.165, 1.54) is 24.3 Å². The lowest BCUT2D eigenvalue weighted by Crippen LogP contribution is -2.43. The number of allylic oxidation sites excluding steroid dienone is 4. The van der Waals surface area contributed by atoms with E-state index in [0.29, 0.717) is 11.1 Å². The van der Waals surface area contributed by atoms with Gasteiger partial charge in [0.15, 0.2) is 0 Å². The highest BCUT2D eigenvalue weighted by Crippen LogP contribution is 2.68. The van der Waals surface area contributed by atoms with Crippen molar-refractivity contribution >= 4 is 0 Å². The maximum absolute atomic E-state index is 13.2. The van der Waals surface area contributed by atoms with Crippen molar-refractivity contribution in [2.45, 2.75) is 64.7 Å². The van der Waals surface area contributed by atoms with E-state index in [1.54, 1.807) is 0 Å². The van der Waals surface area contributed by atoms with Gasteiger partial charge in [0, 0.05) is 5.92 Å². The molecule has 0 amide bonds. The van der Waals surface area contributed by atoms with E-state index in [4.69, 9.17) is 0 Å². The molecule has 181 valence electrons. The fourth-order valence-electron chi connectivity index (χ4n) is 5.43. The quantitative estimate of drug-likeness (QED) is 0.377. The Morgan fingerprint density at radius 3 is 1.56 bits per heavy atom. The molecule has 0 aliphatic heterocycles. The molecule has 3 aliphatic rings. The summed E-state index contributed by atoms with van der Waals surface area (Å²) in [7, 11) is 0. The maximum atomic E-state index is 13.2. The zero-order valence-electron chi connectivity index (χ0n) is 19.6. The molecule has 0 N–H and O–H groups in total. The van der Waals surface area contributed by atoms with Gasteiger partial charge in [-0.3, -0.25) is 0 Å². The number of alkyl halides is 6. The zero-order chi connectivity index (χ0) is 25.1. The summed E-state index contributed by atoms with van der Waals surface area (Å²) in [5.41, 5.74) is 1.71. The maximum Gasteiger partial charge on any atom is 0.416 e. The second-order valence-electron chi connectivity index (χ2n) is 10.2. The summed E-state index contributed by atoms with van der Waals surface area (Å²) in [4.78, 5) is 0. The molecular formula is C28H27F6. The topological polar surface area (TPSA) is 0 Å². The van der Waals surface area contributed by atoms with Gasteiger partial charge in [-0.15, -0.1) is 0 Å². The normalized spacial score (nSPS) is 19.8. The summed E-state index contributed by atoms with van der Waals surface area (Å²) in [5.74, 6) is -0.00578. The highest BCUT2D eigenvalue weighted by atomic mass is 19.4. The van der Waals surface area contributed by atoms with Crippen molar-refractivity contribution in [2.24, 2.45) is 11.3 Å². The second kappa shape index (κ2) is 8.03. The lowest BCUT2D eigenvalue weighted by molar-refractivity contribution is -0.138. The smallest absolute Gasteiger partial charge is 0.166 e. The van der Waals surface area contributed by atoms with Gasteiger partial charge < -0.3 is 0 Å². The van der Waals surface area contributed by atoms with Gasteiger partial charge in [-0.25, -0.2) is 0 Å². The minimum Gasteiger partial charge on any atom is -0.166 e. The van der Waals surface area contributed by atoms with Crippen LogP contribution in [-0.2, 0) is 17.8 Å². The Balaban J connectivity index is 1.92. The van der Waals surface area contributed by atoms with Crippen molar-refractivity contribution in [1.29, 1.82) is 0 Å². The Hall–Kier alpha value is -2.50. The first-order valence-corrected chi connectivity index (χ1v) is 11.5. The van der Waals surface area contributed by atoms with E-state index >= 15 is 0 Å². The first-order chi connectivity index (χ1) is 15.7. The summed E-state index contributed by atoms with van der Waals surface area (Å²) >= 11 is 0. The van der Waals surface area contributed by atoms with Crippen LogP contribution in [-0.4, -0.2) is 0 Å². The predicted octanol–water partition coefficient (Wildman–Crippen LogP) is 8.92. The second-order valence-corrected chi connectivity index (χ2v) is 10.2.